The molecule has 0 atom stereocenters. The molecule has 0 aliphatic carbocycles. The molecule has 0 spiro atoms. The van der Waals surface area contributed by atoms with E-state index in [1.807, 2.05) is 25.4 Å². The summed E-state index contributed by atoms with van der Waals surface area (Å²) in [5.74, 6) is 2.32. The third kappa shape index (κ3) is 1.75. The quantitative estimate of drug-likeness (QED) is 0.779. The third-order valence-electron chi connectivity index (χ3n) is 3.11. The van der Waals surface area contributed by atoms with E-state index >= 15 is 0 Å². The molecule has 7 heteroatoms. The maximum absolute atomic E-state index is 6.00. The second kappa shape index (κ2) is 4.44. The summed E-state index contributed by atoms with van der Waals surface area (Å²) in [4.78, 5) is 4.34. The molecular weight excluding hydrogens is 258 g/mol. The Morgan fingerprint density at radius 2 is 1.85 bits per heavy atom. The minimum atomic E-state index is 0.369. The second-order valence-corrected chi connectivity index (χ2v) is 4.35. The molecule has 0 radical (unpaired) electrons. The van der Waals surface area contributed by atoms with Crippen LogP contribution in [0.3, 0.4) is 0 Å². The number of benzene rings is 1. The highest BCUT2D eigenvalue weighted by atomic mass is 16.5. The van der Waals surface area contributed by atoms with Crippen LogP contribution in [0.15, 0.2) is 24.4 Å². The van der Waals surface area contributed by atoms with E-state index in [4.69, 9.17) is 15.2 Å². The van der Waals surface area contributed by atoms with E-state index in [2.05, 4.69) is 10.1 Å². The van der Waals surface area contributed by atoms with Crippen LogP contribution < -0.4 is 15.2 Å². The number of anilines is 1. The van der Waals surface area contributed by atoms with Crippen molar-refractivity contribution < 1.29 is 9.47 Å². The highest BCUT2D eigenvalue weighted by molar-refractivity contribution is 5.84. The fourth-order valence-corrected chi connectivity index (χ4v) is 2.19. The summed E-state index contributed by atoms with van der Waals surface area (Å²) in [6.45, 7) is 0. The van der Waals surface area contributed by atoms with Crippen molar-refractivity contribution in [1.82, 2.24) is 19.3 Å². The normalized spacial score (nSPS) is 10.9. The molecular formula is C13H15N5O2. The fraction of sp³-hybridized carbons (Fsp3) is 0.231. The molecule has 0 aliphatic rings. The number of hydrogen-bond donors (Lipinski definition) is 1. The van der Waals surface area contributed by atoms with E-state index in [0.29, 0.717) is 23.3 Å². The van der Waals surface area contributed by atoms with Crippen LogP contribution in [0, 0.1) is 0 Å². The monoisotopic (exact) mass is 273 g/mol. The molecule has 0 fully saturated rings. The zero-order chi connectivity index (χ0) is 14.3. The Morgan fingerprint density at radius 3 is 2.45 bits per heavy atom. The maximum Gasteiger partial charge on any atom is 0.207 e. The third-order valence-corrected chi connectivity index (χ3v) is 3.11. The second-order valence-electron chi connectivity index (χ2n) is 4.35. The zero-order valence-electron chi connectivity index (χ0n) is 11.5. The van der Waals surface area contributed by atoms with Gasteiger partial charge in [0.1, 0.15) is 0 Å². The molecule has 3 aromatic rings. The Morgan fingerprint density at radius 1 is 1.15 bits per heavy atom. The van der Waals surface area contributed by atoms with Gasteiger partial charge in [-0.05, 0) is 0 Å². The Labute approximate surface area is 115 Å². The summed E-state index contributed by atoms with van der Waals surface area (Å²) >= 11 is 0. The minimum absolute atomic E-state index is 0.369. The van der Waals surface area contributed by atoms with Crippen LogP contribution >= 0.6 is 0 Å². The average molecular weight is 273 g/mol. The molecule has 0 amide bonds. The largest absolute Gasteiger partial charge is 0.493 e. The number of methoxy groups -OCH3 is 2. The van der Waals surface area contributed by atoms with Crippen molar-refractivity contribution in [2.75, 3.05) is 20.0 Å². The number of aromatic nitrogens is 4. The molecule has 2 N–H and O–H groups in total. The Hall–Kier alpha value is -2.70. The van der Waals surface area contributed by atoms with Gasteiger partial charge < -0.3 is 15.2 Å². The lowest BCUT2D eigenvalue weighted by molar-refractivity contribution is 0.355. The molecule has 3 rings (SSSR count). The molecule has 7 nitrogen and oxygen atoms in total. The van der Waals surface area contributed by atoms with Crippen LogP contribution in [0.2, 0.25) is 0 Å². The minimum Gasteiger partial charge on any atom is -0.493 e. The van der Waals surface area contributed by atoms with Gasteiger partial charge in [-0.25, -0.2) is 4.98 Å². The van der Waals surface area contributed by atoms with Gasteiger partial charge in [0.2, 0.25) is 5.95 Å². The van der Waals surface area contributed by atoms with Gasteiger partial charge in [0.25, 0.3) is 0 Å². The summed E-state index contributed by atoms with van der Waals surface area (Å²) in [6, 6.07) is 5.50. The number of fused-ring (bicyclic) bond motifs is 1. The molecule has 0 unspecified atom stereocenters. The van der Waals surface area contributed by atoms with E-state index in [0.717, 1.165) is 11.0 Å². The van der Waals surface area contributed by atoms with Crippen molar-refractivity contribution in [2.24, 2.45) is 7.05 Å². The smallest absolute Gasteiger partial charge is 0.207 e. The van der Waals surface area contributed by atoms with Gasteiger partial charge in [0.05, 0.1) is 25.3 Å². The zero-order valence-corrected chi connectivity index (χ0v) is 11.5. The van der Waals surface area contributed by atoms with Crippen molar-refractivity contribution in [3.63, 3.8) is 0 Å². The first-order valence-electron chi connectivity index (χ1n) is 6.04. The molecule has 1 aromatic carbocycles. The van der Waals surface area contributed by atoms with E-state index in [9.17, 15) is 0 Å². The summed E-state index contributed by atoms with van der Waals surface area (Å²) in [7, 11) is 5.03. The van der Waals surface area contributed by atoms with Crippen LogP contribution in [-0.2, 0) is 7.05 Å². The first kappa shape index (κ1) is 12.3. The first-order chi connectivity index (χ1) is 9.63. The lowest BCUT2D eigenvalue weighted by Crippen LogP contribution is -2.02. The van der Waals surface area contributed by atoms with E-state index < -0.39 is 0 Å². The molecule has 104 valence electrons. The summed E-state index contributed by atoms with van der Waals surface area (Å²) in [5, 5.41) is 4.35. The molecule has 0 saturated heterocycles. The van der Waals surface area contributed by atoms with Crippen molar-refractivity contribution in [2.45, 2.75) is 0 Å². The lowest BCUT2D eigenvalue weighted by atomic mass is 10.2. The highest BCUT2D eigenvalue weighted by Gasteiger charge is 2.15. The van der Waals surface area contributed by atoms with Gasteiger partial charge in [-0.15, -0.1) is 0 Å². The maximum atomic E-state index is 6.00. The van der Waals surface area contributed by atoms with Gasteiger partial charge in [0, 0.05) is 31.4 Å². The Kier molecular flexibility index (Phi) is 2.74. The number of nitrogens with two attached hydrogens (primary N) is 1. The SMILES string of the molecule is COc1cc2nc(N)n(-c3ccn(C)n3)c2cc1OC. The van der Waals surface area contributed by atoms with Crippen molar-refractivity contribution in [3.8, 4) is 17.3 Å². The Balaban J connectivity index is 2.29. The topological polar surface area (TPSA) is 80.1 Å². The predicted molar refractivity (Wildman–Crippen MR) is 75.4 cm³/mol. The van der Waals surface area contributed by atoms with Gasteiger partial charge in [-0.3, -0.25) is 9.25 Å². The average Bonchev–Trinajstić information content (AvgIpc) is 2.99. The molecule has 2 aromatic heterocycles. The lowest BCUT2D eigenvalue weighted by Gasteiger charge is -2.08. The summed E-state index contributed by atoms with van der Waals surface area (Å²) in [6.07, 6.45) is 1.85. The van der Waals surface area contributed by atoms with Crippen molar-refractivity contribution in [3.05, 3.63) is 24.4 Å². The number of aryl methyl sites for hydroxylation is 1. The molecule has 20 heavy (non-hydrogen) atoms. The number of nitrogens with zero attached hydrogens (tertiary/aromatic N) is 4. The van der Waals surface area contributed by atoms with Crippen molar-refractivity contribution in [1.29, 1.82) is 0 Å². The van der Waals surface area contributed by atoms with Gasteiger partial charge in [-0.2, -0.15) is 5.10 Å². The number of ether oxygens (including phenoxy) is 2. The fourth-order valence-electron chi connectivity index (χ4n) is 2.19. The predicted octanol–water partition coefficient (Wildman–Crippen LogP) is 1.36. The van der Waals surface area contributed by atoms with Crippen LogP contribution in [0.4, 0.5) is 5.95 Å². The molecule has 0 aliphatic heterocycles. The summed E-state index contributed by atoms with van der Waals surface area (Å²) in [5.41, 5.74) is 7.54. The highest BCUT2D eigenvalue weighted by Crippen LogP contribution is 2.33. The first-order valence-corrected chi connectivity index (χ1v) is 6.04. The van der Waals surface area contributed by atoms with E-state index in [1.54, 1.807) is 29.5 Å². The van der Waals surface area contributed by atoms with E-state index in [-0.39, 0.29) is 0 Å². The van der Waals surface area contributed by atoms with Gasteiger partial charge in [0.15, 0.2) is 17.3 Å². The number of nitrogen functional groups attached to an aromatic ring is 1. The molecule has 0 saturated carbocycles. The number of rotatable bonds is 3. The number of hydrogen-bond acceptors (Lipinski definition) is 5. The van der Waals surface area contributed by atoms with E-state index in [1.165, 1.54) is 0 Å². The van der Waals surface area contributed by atoms with Gasteiger partial charge in [-0.1, -0.05) is 0 Å². The Bertz CT molecular complexity index is 775. The van der Waals surface area contributed by atoms with Crippen LogP contribution in [0.5, 0.6) is 11.5 Å². The molecule has 0 bridgehead atoms. The summed E-state index contributed by atoms with van der Waals surface area (Å²) < 4.78 is 14.1. The van der Waals surface area contributed by atoms with Crippen molar-refractivity contribution >= 4 is 17.0 Å². The number of imidazole rings is 1. The van der Waals surface area contributed by atoms with Gasteiger partial charge >= 0.3 is 0 Å². The molecule has 2 heterocycles. The standard InChI is InChI=1S/C13H15N5O2/c1-17-5-4-12(16-17)18-9-7-11(20-3)10(19-2)6-8(9)15-13(18)14/h4-7H,1-3H3,(H2,14,15). The van der Waals surface area contributed by atoms with Crippen LogP contribution in [0.1, 0.15) is 0 Å². The van der Waals surface area contributed by atoms with Crippen LogP contribution in [-0.4, -0.2) is 33.6 Å². The van der Waals surface area contributed by atoms with Crippen LogP contribution in [0.25, 0.3) is 16.9 Å².